The number of carbonyl (C=O) groups is 2. The third-order valence-electron chi connectivity index (χ3n) is 3.69. The molecule has 0 aliphatic rings. The summed E-state index contributed by atoms with van der Waals surface area (Å²) < 4.78 is 1.16. The van der Waals surface area contributed by atoms with Crippen molar-refractivity contribution in [3.05, 3.63) is 40.8 Å². The molecule has 24 heavy (non-hydrogen) atoms. The van der Waals surface area contributed by atoms with Gasteiger partial charge < -0.3 is 10.4 Å². The van der Waals surface area contributed by atoms with Crippen LogP contribution >= 0.6 is 0 Å². The number of unbranched alkanes of at least 4 members (excludes halogenated alkanes) is 3. The third-order valence-corrected chi connectivity index (χ3v) is 3.69. The van der Waals surface area contributed by atoms with Gasteiger partial charge >= 0.3 is 5.97 Å². The van der Waals surface area contributed by atoms with Crippen LogP contribution in [0.5, 0.6) is 0 Å². The highest BCUT2D eigenvalue weighted by atomic mass is 16.4. The molecule has 7 heteroatoms. The fourth-order valence-electron chi connectivity index (χ4n) is 2.41. The second kappa shape index (κ2) is 8.81. The molecule has 2 aromatic rings. The molecular formula is C17H21N3O4. The highest BCUT2D eigenvalue weighted by molar-refractivity contribution is 5.81. The number of rotatable bonds is 9. The van der Waals surface area contributed by atoms with Gasteiger partial charge in [0.05, 0.1) is 11.6 Å². The van der Waals surface area contributed by atoms with Crippen molar-refractivity contribution >= 4 is 22.6 Å². The molecule has 128 valence electrons. The van der Waals surface area contributed by atoms with Gasteiger partial charge in [-0.25, -0.2) is 4.68 Å². The Hall–Kier alpha value is -2.70. The minimum Gasteiger partial charge on any atom is -0.481 e. The summed E-state index contributed by atoms with van der Waals surface area (Å²) in [6, 6.07) is 7.12. The highest BCUT2D eigenvalue weighted by Gasteiger charge is 2.07. The first-order chi connectivity index (χ1) is 11.6. The number of hydrogen-bond donors (Lipinski definition) is 2. The van der Waals surface area contributed by atoms with Crippen molar-refractivity contribution in [3.8, 4) is 0 Å². The Morgan fingerprint density at radius 3 is 2.67 bits per heavy atom. The van der Waals surface area contributed by atoms with Crippen molar-refractivity contribution < 1.29 is 14.7 Å². The van der Waals surface area contributed by atoms with E-state index in [1.807, 2.05) is 6.07 Å². The van der Waals surface area contributed by atoms with Crippen molar-refractivity contribution in [1.82, 2.24) is 15.1 Å². The van der Waals surface area contributed by atoms with Crippen LogP contribution in [0.25, 0.3) is 10.8 Å². The minimum absolute atomic E-state index is 0.108. The lowest BCUT2D eigenvalue weighted by atomic mass is 10.1. The maximum atomic E-state index is 12.2. The zero-order valence-electron chi connectivity index (χ0n) is 13.4. The summed E-state index contributed by atoms with van der Waals surface area (Å²) in [5.74, 6) is -1.04. The largest absolute Gasteiger partial charge is 0.481 e. The molecule has 0 aliphatic carbocycles. The molecule has 1 amide bonds. The molecule has 0 radical (unpaired) electrons. The lowest BCUT2D eigenvalue weighted by molar-refractivity contribution is -0.137. The summed E-state index contributed by atoms with van der Waals surface area (Å²) in [6.45, 7) is 0.400. The Morgan fingerprint density at radius 1 is 1.12 bits per heavy atom. The van der Waals surface area contributed by atoms with Gasteiger partial charge in [0, 0.05) is 18.4 Å². The van der Waals surface area contributed by atoms with Crippen LogP contribution in [0.3, 0.4) is 0 Å². The molecule has 0 unspecified atom stereocenters. The monoisotopic (exact) mass is 331 g/mol. The number of carboxylic acids is 1. The number of nitrogens with zero attached hydrogens (tertiary/aromatic N) is 2. The second-order valence-corrected chi connectivity index (χ2v) is 5.60. The number of aliphatic carboxylic acids is 1. The Balaban J connectivity index is 1.76. The van der Waals surface area contributed by atoms with Gasteiger partial charge in [-0.05, 0) is 18.9 Å². The van der Waals surface area contributed by atoms with Gasteiger partial charge in [-0.1, -0.05) is 31.0 Å². The maximum Gasteiger partial charge on any atom is 0.303 e. The quantitative estimate of drug-likeness (QED) is 0.679. The molecule has 0 spiro atoms. The normalized spacial score (nSPS) is 10.7. The Bertz CT molecular complexity index is 770. The fraction of sp³-hybridized carbons (Fsp3) is 0.412. The van der Waals surface area contributed by atoms with Crippen molar-refractivity contribution in [2.75, 3.05) is 6.54 Å². The molecule has 0 saturated heterocycles. The van der Waals surface area contributed by atoms with E-state index in [2.05, 4.69) is 10.4 Å². The Kier molecular flexibility index (Phi) is 6.48. The highest BCUT2D eigenvalue weighted by Crippen LogP contribution is 2.06. The SMILES string of the molecule is O=C(O)CCCCCCNC(=O)Cn1ncc2ccccc2c1=O. The first-order valence-corrected chi connectivity index (χ1v) is 8.01. The molecule has 1 aromatic carbocycles. The summed E-state index contributed by atoms with van der Waals surface area (Å²) >= 11 is 0. The van der Waals surface area contributed by atoms with Crippen LogP contribution in [0.2, 0.25) is 0 Å². The van der Waals surface area contributed by atoms with Crippen molar-refractivity contribution in [2.45, 2.75) is 38.6 Å². The average Bonchev–Trinajstić information content (AvgIpc) is 2.56. The summed E-state index contributed by atoms with van der Waals surface area (Å²) in [5.41, 5.74) is -0.281. The van der Waals surface area contributed by atoms with E-state index < -0.39 is 5.97 Å². The van der Waals surface area contributed by atoms with Crippen molar-refractivity contribution in [2.24, 2.45) is 0 Å². The molecule has 2 N–H and O–H groups in total. The van der Waals surface area contributed by atoms with Gasteiger partial charge in [-0.2, -0.15) is 5.10 Å². The van der Waals surface area contributed by atoms with E-state index >= 15 is 0 Å². The summed E-state index contributed by atoms with van der Waals surface area (Å²) in [4.78, 5) is 34.5. The molecule has 1 aromatic heterocycles. The van der Waals surface area contributed by atoms with Crippen LogP contribution in [0.15, 0.2) is 35.3 Å². The van der Waals surface area contributed by atoms with Gasteiger partial charge in [0.2, 0.25) is 5.91 Å². The van der Waals surface area contributed by atoms with E-state index in [-0.39, 0.29) is 24.4 Å². The van der Waals surface area contributed by atoms with Crippen LogP contribution in [-0.4, -0.2) is 33.3 Å². The molecule has 0 bridgehead atoms. The molecule has 0 atom stereocenters. The molecule has 7 nitrogen and oxygen atoms in total. The first-order valence-electron chi connectivity index (χ1n) is 8.01. The van der Waals surface area contributed by atoms with Gasteiger partial charge in [0.25, 0.3) is 5.56 Å². The topological polar surface area (TPSA) is 101 Å². The zero-order valence-corrected chi connectivity index (χ0v) is 13.4. The third kappa shape index (κ3) is 5.19. The fourth-order valence-corrected chi connectivity index (χ4v) is 2.41. The van der Waals surface area contributed by atoms with Crippen molar-refractivity contribution in [1.29, 1.82) is 0 Å². The Labute approximate surface area is 139 Å². The second-order valence-electron chi connectivity index (χ2n) is 5.60. The van der Waals surface area contributed by atoms with Crippen LogP contribution in [-0.2, 0) is 16.1 Å². The molecular weight excluding hydrogens is 310 g/mol. The summed E-state index contributed by atoms with van der Waals surface area (Å²) in [6.07, 6.45) is 4.88. The van der Waals surface area contributed by atoms with E-state index in [1.54, 1.807) is 24.4 Å². The standard InChI is InChI=1S/C17H21N3O4/c21-15(18-10-6-2-1-3-9-16(22)23)12-20-17(24)14-8-5-4-7-13(14)11-19-20/h4-5,7-8,11H,1-3,6,9-10,12H2,(H,18,21)(H,22,23). The van der Waals surface area contributed by atoms with E-state index in [0.29, 0.717) is 18.4 Å². The average molecular weight is 331 g/mol. The van der Waals surface area contributed by atoms with Gasteiger partial charge in [-0.3, -0.25) is 14.4 Å². The number of nitrogens with one attached hydrogen (secondary N) is 1. The van der Waals surface area contributed by atoms with E-state index in [0.717, 1.165) is 29.3 Å². The molecule has 0 aliphatic heterocycles. The lowest BCUT2D eigenvalue weighted by Gasteiger charge is -2.07. The number of benzene rings is 1. The van der Waals surface area contributed by atoms with Gasteiger partial charge in [0.15, 0.2) is 0 Å². The smallest absolute Gasteiger partial charge is 0.303 e. The molecule has 2 rings (SSSR count). The summed E-state index contributed by atoms with van der Waals surface area (Å²) in [5, 5.41) is 16.6. The molecule has 0 saturated carbocycles. The summed E-state index contributed by atoms with van der Waals surface area (Å²) in [7, 11) is 0. The predicted molar refractivity (Wildman–Crippen MR) is 89.7 cm³/mol. The minimum atomic E-state index is -0.781. The zero-order chi connectivity index (χ0) is 17.4. The predicted octanol–water partition coefficient (Wildman–Crippen LogP) is 1.55. The van der Waals surface area contributed by atoms with Crippen LogP contribution < -0.4 is 10.9 Å². The van der Waals surface area contributed by atoms with E-state index in [4.69, 9.17) is 5.11 Å². The van der Waals surface area contributed by atoms with Crippen molar-refractivity contribution in [3.63, 3.8) is 0 Å². The number of carboxylic acid groups (broad SMARTS) is 1. The number of aromatic nitrogens is 2. The molecule has 0 fully saturated rings. The first kappa shape index (κ1) is 17.7. The number of fused-ring (bicyclic) bond motifs is 1. The molecule has 1 heterocycles. The maximum absolute atomic E-state index is 12.2. The van der Waals surface area contributed by atoms with Crippen LogP contribution in [0.1, 0.15) is 32.1 Å². The number of hydrogen-bond acceptors (Lipinski definition) is 4. The number of carbonyl (C=O) groups excluding carboxylic acids is 1. The van der Waals surface area contributed by atoms with Gasteiger partial charge in [0.1, 0.15) is 6.54 Å². The van der Waals surface area contributed by atoms with E-state index in [1.165, 1.54) is 0 Å². The number of amides is 1. The lowest BCUT2D eigenvalue weighted by Crippen LogP contribution is -2.34. The Morgan fingerprint density at radius 2 is 1.88 bits per heavy atom. The van der Waals surface area contributed by atoms with E-state index in [9.17, 15) is 14.4 Å². The van der Waals surface area contributed by atoms with Crippen LogP contribution in [0.4, 0.5) is 0 Å². The van der Waals surface area contributed by atoms with Gasteiger partial charge in [-0.15, -0.1) is 0 Å². The van der Waals surface area contributed by atoms with Crippen LogP contribution in [0, 0.1) is 0 Å².